The molecule has 13 heteroatoms. The van der Waals surface area contributed by atoms with Gasteiger partial charge in [-0.1, -0.05) is 119 Å². The van der Waals surface area contributed by atoms with Crippen LogP contribution < -0.4 is 15.5 Å². The van der Waals surface area contributed by atoms with Gasteiger partial charge in [-0.15, -0.1) is 0 Å². The molecule has 0 aliphatic carbocycles. The van der Waals surface area contributed by atoms with Crippen molar-refractivity contribution in [3.05, 3.63) is 125 Å². The second-order valence-electron chi connectivity index (χ2n) is 15.3. The fourth-order valence-electron chi connectivity index (χ4n) is 6.21. The number of carbonyl (C=O) groups excluding carboxylic acids is 3. The van der Waals surface area contributed by atoms with Gasteiger partial charge >= 0.3 is 25.8 Å². The molecule has 0 aromatic heterocycles. The Kier molecular flexibility index (Phi) is 19.1. The number of nitrogens with one attached hydrogen (secondary N) is 2. The van der Waals surface area contributed by atoms with Crippen LogP contribution in [0.5, 0.6) is 0 Å². The van der Waals surface area contributed by atoms with Crippen LogP contribution in [0.3, 0.4) is 0 Å². The molecule has 59 heavy (non-hydrogen) atoms. The maximum absolute atomic E-state index is 13.5. The quantitative estimate of drug-likeness (QED) is 0.0303. The molecule has 4 rings (SSSR count). The standard InChI is InChI=1S/C46H60N3O9P/c1-7-39(40-22-25-43(49(29-34(2)3)30-35(4)5)42(27-40)48-46(52)47-41-23-20-36(6)21-24-41)28-45(51)55-33-54-44(50)19-14-26-56-59(53,57-31-37-15-10-8-11-16-37)58-32-38-17-12-9-13-18-38/h8-13,15-18,20-25,27,34-35,39H,7,14,19,26,28-33H2,1-6H3,(H2,47,48,52)/t39-/m0/s1. The summed E-state index contributed by atoms with van der Waals surface area (Å²) in [6.07, 6.45) is 0.758. The number of carbonyl (C=O) groups is 3. The molecule has 0 heterocycles. The van der Waals surface area contributed by atoms with Crippen molar-refractivity contribution in [2.75, 3.05) is 42.0 Å². The van der Waals surface area contributed by atoms with Crippen molar-refractivity contribution < 1.29 is 42.0 Å². The van der Waals surface area contributed by atoms with Crippen molar-refractivity contribution in [2.45, 2.75) is 86.4 Å². The number of aryl methyl sites for hydroxylation is 1. The van der Waals surface area contributed by atoms with Gasteiger partial charge in [0.1, 0.15) is 0 Å². The third kappa shape index (κ3) is 17.0. The maximum Gasteiger partial charge on any atom is 0.475 e. The highest BCUT2D eigenvalue weighted by molar-refractivity contribution is 7.48. The highest BCUT2D eigenvalue weighted by atomic mass is 31.2. The number of esters is 2. The van der Waals surface area contributed by atoms with Gasteiger partial charge in [-0.3, -0.25) is 23.2 Å². The fraction of sp³-hybridized carbons (Fsp3) is 0.413. The zero-order valence-electron chi connectivity index (χ0n) is 35.2. The lowest BCUT2D eigenvalue weighted by Crippen LogP contribution is -2.32. The lowest BCUT2D eigenvalue weighted by Gasteiger charge is -2.31. The van der Waals surface area contributed by atoms with Crippen molar-refractivity contribution in [1.82, 2.24) is 0 Å². The van der Waals surface area contributed by atoms with Crippen LogP contribution in [-0.2, 0) is 50.4 Å². The van der Waals surface area contributed by atoms with Crippen LogP contribution in [-0.4, -0.2) is 44.5 Å². The lowest BCUT2D eigenvalue weighted by atomic mass is 9.92. The number of phosphoric ester groups is 1. The summed E-state index contributed by atoms with van der Waals surface area (Å²) < 4.78 is 40.7. The van der Waals surface area contributed by atoms with Crippen molar-refractivity contribution >= 4 is 42.9 Å². The molecule has 0 saturated heterocycles. The molecule has 4 aromatic carbocycles. The van der Waals surface area contributed by atoms with E-state index in [1.54, 1.807) is 0 Å². The molecule has 0 bridgehead atoms. The van der Waals surface area contributed by atoms with Crippen molar-refractivity contribution in [3.8, 4) is 0 Å². The maximum atomic E-state index is 13.5. The molecule has 0 unspecified atom stereocenters. The first-order valence-corrected chi connectivity index (χ1v) is 21.7. The Morgan fingerprint density at radius 2 is 1.29 bits per heavy atom. The number of rotatable bonds is 24. The molecule has 0 aliphatic rings. The zero-order chi connectivity index (χ0) is 42.6. The summed E-state index contributed by atoms with van der Waals surface area (Å²) in [6.45, 7) is 13.6. The Hall–Kier alpha value is -5.00. The number of anilines is 3. The van der Waals surface area contributed by atoms with E-state index in [0.717, 1.165) is 41.0 Å². The monoisotopic (exact) mass is 829 g/mol. The second-order valence-corrected chi connectivity index (χ2v) is 16.9. The molecule has 2 N–H and O–H groups in total. The van der Waals surface area contributed by atoms with Gasteiger partial charge in [0.05, 0.1) is 37.6 Å². The van der Waals surface area contributed by atoms with E-state index in [1.807, 2.05) is 117 Å². The summed E-state index contributed by atoms with van der Waals surface area (Å²) in [4.78, 5) is 41.1. The third-order valence-corrected chi connectivity index (χ3v) is 10.5. The summed E-state index contributed by atoms with van der Waals surface area (Å²) >= 11 is 0. The molecule has 1 atom stereocenters. The van der Waals surface area contributed by atoms with Crippen LogP contribution in [0.1, 0.15) is 88.5 Å². The number of ether oxygens (including phenoxy) is 2. The number of hydrogen-bond acceptors (Lipinski definition) is 10. The summed E-state index contributed by atoms with van der Waals surface area (Å²) in [6, 6.07) is 31.6. The number of hydrogen-bond donors (Lipinski definition) is 2. The van der Waals surface area contributed by atoms with E-state index in [0.29, 0.717) is 29.6 Å². The molecule has 0 fully saturated rings. The minimum Gasteiger partial charge on any atom is -0.428 e. The highest BCUT2D eigenvalue weighted by Gasteiger charge is 2.27. The molecule has 0 spiro atoms. The number of urea groups is 1. The minimum atomic E-state index is -3.98. The first-order chi connectivity index (χ1) is 28.3. The summed E-state index contributed by atoms with van der Waals surface area (Å²) in [5.41, 5.74) is 5.76. The largest absolute Gasteiger partial charge is 0.475 e. The summed E-state index contributed by atoms with van der Waals surface area (Å²) in [5, 5.41) is 5.99. The first kappa shape index (κ1) is 46.7. The lowest BCUT2D eigenvalue weighted by molar-refractivity contribution is -0.167. The van der Waals surface area contributed by atoms with Gasteiger partial charge in [0, 0.05) is 25.2 Å². The molecule has 4 aromatic rings. The molecule has 318 valence electrons. The molecule has 2 amide bonds. The van der Waals surface area contributed by atoms with Crippen LogP contribution in [0, 0.1) is 18.8 Å². The van der Waals surface area contributed by atoms with Crippen LogP contribution in [0.4, 0.5) is 21.9 Å². The van der Waals surface area contributed by atoms with Gasteiger partial charge < -0.3 is 25.0 Å². The van der Waals surface area contributed by atoms with E-state index in [1.165, 1.54) is 0 Å². The van der Waals surface area contributed by atoms with E-state index in [4.69, 9.17) is 23.0 Å². The van der Waals surface area contributed by atoms with Crippen molar-refractivity contribution in [3.63, 3.8) is 0 Å². The molecule has 0 radical (unpaired) electrons. The number of phosphoric acid groups is 1. The average Bonchev–Trinajstić information content (AvgIpc) is 3.21. The first-order valence-electron chi connectivity index (χ1n) is 20.3. The number of benzene rings is 4. The van der Waals surface area contributed by atoms with Gasteiger partial charge in [-0.05, 0) is 78.5 Å². The van der Waals surface area contributed by atoms with E-state index in [-0.39, 0.29) is 51.0 Å². The highest BCUT2D eigenvalue weighted by Crippen LogP contribution is 2.51. The topological polar surface area (TPSA) is 142 Å². The Balaban J connectivity index is 1.30. The Morgan fingerprint density at radius 1 is 0.712 bits per heavy atom. The Morgan fingerprint density at radius 3 is 1.85 bits per heavy atom. The molecule has 12 nitrogen and oxygen atoms in total. The van der Waals surface area contributed by atoms with E-state index in [9.17, 15) is 18.9 Å². The minimum absolute atomic E-state index is 0.0173. The average molecular weight is 830 g/mol. The van der Waals surface area contributed by atoms with Crippen LogP contribution in [0.25, 0.3) is 0 Å². The van der Waals surface area contributed by atoms with Crippen LogP contribution in [0.2, 0.25) is 0 Å². The van der Waals surface area contributed by atoms with Crippen molar-refractivity contribution in [2.24, 2.45) is 11.8 Å². The van der Waals surface area contributed by atoms with Gasteiger partial charge in [-0.2, -0.15) is 0 Å². The molecule has 0 saturated carbocycles. The predicted octanol–water partition coefficient (Wildman–Crippen LogP) is 11.0. The van der Waals surface area contributed by atoms with E-state index >= 15 is 0 Å². The smallest absolute Gasteiger partial charge is 0.428 e. The summed E-state index contributed by atoms with van der Waals surface area (Å²) in [7, 11) is -3.98. The molecule has 0 aliphatic heterocycles. The normalized spacial score (nSPS) is 11.9. The van der Waals surface area contributed by atoms with Crippen LogP contribution in [0.15, 0.2) is 103 Å². The molecular formula is C46H60N3O9P. The Labute approximate surface area is 349 Å². The van der Waals surface area contributed by atoms with Crippen LogP contribution >= 0.6 is 7.82 Å². The zero-order valence-corrected chi connectivity index (χ0v) is 36.1. The van der Waals surface area contributed by atoms with Gasteiger partial charge in [-0.25, -0.2) is 9.36 Å². The number of amides is 2. The van der Waals surface area contributed by atoms with Gasteiger partial charge in [0.15, 0.2) is 0 Å². The van der Waals surface area contributed by atoms with E-state index < -0.39 is 26.6 Å². The van der Waals surface area contributed by atoms with Gasteiger partial charge in [0.2, 0.25) is 6.79 Å². The van der Waals surface area contributed by atoms with E-state index in [2.05, 4.69) is 43.2 Å². The van der Waals surface area contributed by atoms with Gasteiger partial charge in [0.25, 0.3) is 0 Å². The molecular weight excluding hydrogens is 769 g/mol. The number of nitrogens with zero attached hydrogens (tertiary/aromatic N) is 1. The SMILES string of the molecule is CC[C@@H](CC(=O)OCOC(=O)CCCOP(=O)(OCc1ccccc1)OCc1ccccc1)c1ccc(N(CC(C)C)CC(C)C)c(NC(=O)Nc2ccc(C)cc2)c1. The third-order valence-electron chi connectivity index (χ3n) is 9.15. The summed E-state index contributed by atoms with van der Waals surface area (Å²) in [5.74, 6) is -0.594. The Bertz CT molecular complexity index is 1890. The predicted molar refractivity (Wildman–Crippen MR) is 232 cm³/mol. The fourth-order valence-corrected chi connectivity index (χ4v) is 7.40. The van der Waals surface area contributed by atoms with Crippen molar-refractivity contribution in [1.29, 1.82) is 0 Å². The second kappa shape index (κ2) is 24.2.